The fraction of sp³-hybridized carbons (Fsp3) is 0.545. The third-order valence-corrected chi connectivity index (χ3v) is 3.22. The highest BCUT2D eigenvalue weighted by molar-refractivity contribution is 6.33. The number of aromatic nitrogens is 1. The molecule has 0 bridgehead atoms. The fourth-order valence-electron chi connectivity index (χ4n) is 1.87. The fourth-order valence-corrected chi connectivity index (χ4v) is 2.17. The Kier molecular flexibility index (Phi) is 3.63. The molecule has 16 heavy (non-hydrogen) atoms. The third-order valence-electron chi connectivity index (χ3n) is 2.81. The van der Waals surface area contributed by atoms with Crippen LogP contribution in [-0.4, -0.2) is 30.8 Å². The van der Waals surface area contributed by atoms with E-state index in [-0.39, 0.29) is 0 Å². The highest BCUT2D eigenvalue weighted by atomic mass is 35.5. The van der Waals surface area contributed by atoms with Gasteiger partial charge in [0.15, 0.2) is 0 Å². The van der Waals surface area contributed by atoms with Crippen molar-refractivity contribution in [2.45, 2.75) is 19.5 Å². The number of anilines is 1. The summed E-state index contributed by atoms with van der Waals surface area (Å²) < 4.78 is 5.39. The topological polar surface area (TPSA) is 51.4 Å². The summed E-state index contributed by atoms with van der Waals surface area (Å²) in [5.41, 5.74) is 6.56. The molecule has 0 radical (unpaired) electrons. The molecule has 1 fully saturated rings. The minimum atomic E-state index is 0.298. The van der Waals surface area contributed by atoms with Gasteiger partial charge in [0.1, 0.15) is 5.82 Å². The van der Waals surface area contributed by atoms with Gasteiger partial charge in [0, 0.05) is 19.3 Å². The summed E-state index contributed by atoms with van der Waals surface area (Å²) in [6.07, 6.45) is 1.76. The maximum absolute atomic E-state index is 6.28. The van der Waals surface area contributed by atoms with Crippen molar-refractivity contribution < 1.29 is 4.74 Å². The lowest BCUT2D eigenvalue weighted by molar-refractivity contribution is 0.0985. The molecule has 2 heterocycles. The van der Waals surface area contributed by atoms with Crippen LogP contribution >= 0.6 is 11.6 Å². The summed E-state index contributed by atoms with van der Waals surface area (Å²) >= 11 is 6.28. The Balaban J connectivity index is 2.31. The van der Waals surface area contributed by atoms with E-state index < -0.39 is 0 Å². The third kappa shape index (κ3) is 2.14. The molecule has 0 amide bonds. The molecule has 4 nitrogen and oxygen atoms in total. The molecule has 1 saturated heterocycles. The molecule has 0 aromatic carbocycles. The Morgan fingerprint density at radius 1 is 1.69 bits per heavy atom. The summed E-state index contributed by atoms with van der Waals surface area (Å²) in [5, 5.41) is 0.666. The van der Waals surface area contributed by atoms with Gasteiger partial charge in [-0.2, -0.15) is 0 Å². The number of morpholine rings is 1. The van der Waals surface area contributed by atoms with Gasteiger partial charge >= 0.3 is 0 Å². The highest BCUT2D eigenvalue weighted by Crippen LogP contribution is 2.28. The largest absolute Gasteiger partial charge is 0.377 e. The minimum Gasteiger partial charge on any atom is -0.377 e. The van der Waals surface area contributed by atoms with E-state index in [9.17, 15) is 0 Å². The van der Waals surface area contributed by atoms with Crippen LogP contribution in [0.2, 0.25) is 5.02 Å². The van der Waals surface area contributed by atoms with E-state index in [0.717, 1.165) is 24.5 Å². The van der Waals surface area contributed by atoms with Crippen LogP contribution in [0.3, 0.4) is 0 Å². The zero-order valence-corrected chi connectivity index (χ0v) is 10.1. The van der Waals surface area contributed by atoms with Crippen molar-refractivity contribution in [2.24, 2.45) is 5.73 Å². The lowest BCUT2D eigenvalue weighted by Crippen LogP contribution is -2.44. The van der Waals surface area contributed by atoms with Gasteiger partial charge in [-0.3, -0.25) is 0 Å². The van der Waals surface area contributed by atoms with E-state index in [1.54, 1.807) is 6.20 Å². The van der Waals surface area contributed by atoms with Gasteiger partial charge in [0.2, 0.25) is 0 Å². The molecule has 2 N–H and O–H groups in total. The number of nitrogens with zero attached hydrogens (tertiary/aromatic N) is 2. The Morgan fingerprint density at radius 2 is 2.50 bits per heavy atom. The molecule has 0 saturated carbocycles. The van der Waals surface area contributed by atoms with Gasteiger partial charge in [-0.15, -0.1) is 0 Å². The van der Waals surface area contributed by atoms with Gasteiger partial charge in [-0.1, -0.05) is 11.6 Å². The summed E-state index contributed by atoms with van der Waals surface area (Å²) in [6.45, 7) is 4.79. The van der Waals surface area contributed by atoms with Crippen LogP contribution in [0, 0.1) is 0 Å². The van der Waals surface area contributed by atoms with Gasteiger partial charge in [0.05, 0.1) is 24.3 Å². The summed E-state index contributed by atoms with van der Waals surface area (Å²) in [7, 11) is 0. The molecular weight excluding hydrogens is 226 g/mol. The highest BCUT2D eigenvalue weighted by Gasteiger charge is 2.22. The zero-order valence-electron chi connectivity index (χ0n) is 9.32. The maximum Gasteiger partial charge on any atom is 0.148 e. The van der Waals surface area contributed by atoms with Crippen LogP contribution in [0.15, 0.2) is 12.3 Å². The van der Waals surface area contributed by atoms with Gasteiger partial charge in [-0.25, -0.2) is 4.98 Å². The summed E-state index contributed by atoms with van der Waals surface area (Å²) in [5.74, 6) is 0.820. The van der Waals surface area contributed by atoms with E-state index in [4.69, 9.17) is 22.1 Å². The van der Waals surface area contributed by atoms with Crippen LogP contribution in [0.5, 0.6) is 0 Å². The zero-order chi connectivity index (χ0) is 11.5. The summed E-state index contributed by atoms with van der Waals surface area (Å²) in [4.78, 5) is 6.52. The lowest BCUT2D eigenvalue weighted by Gasteiger charge is -2.35. The van der Waals surface area contributed by atoms with Gasteiger partial charge in [-0.05, 0) is 18.6 Å². The molecular formula is C11H16ClN3O. The molecule has 1 unspecified atom stereocenters. The van der Waals surface area contributed by atoms with Crippen molar-refractivity contribution in [2.75, 3.05) is 24.7 Å². The Morgan fingerprint density at radius 3 is 3.19 bits per heavy atom. The molecule has 88 valence electrons. The number of nitrogens with two attached hydrogens (primary N) is 1. The Hall–Kier alpha value is -0.840. The SMILES string of the molecule is CC1COCCN1c1nccc(CN)c1Cl. The minimum absolute atomic E-state index is 0.298. The first-order chi connectivity index (χ1) is 7.74. The van der Waals surface area contributed by atoms with Crippen molar-refractivity contribution in [3.8, 4) is 0 Å². The average molecular weight is 242 g/mol. The molecule has 1 aliphatic heterocycles. The second-order valence-electron chi connectivity index (χ2n) is 3.93. The van der Waals surface area contributed by atoms with Crippen molar-refractivity contribution >= 4 is 17.4 Å². The van der Waals surface area contributed by atoms with Crippen LogP contribution in [0.1, 0.15) is 12.5 Å². The lowest BCUT2D eigenvalue weighted by atomic mass is 10.2. The van der Waals surface area contributed by atoms with Gasteiger partial charge < -0.3 is 15.4 Å². The van der Waals surface area contributed by atoms with Crippen molar-refractivity contribution in [1.29, 1.82) is 0 Å². The second kappa shape index (κ2) is 4.99. The second-order valence-corrected chi connectivity index (χ2v) is 4.31. The number of rotatable bonds is 2. The first-order valence-electron chi connectivity index (χ1n) is 5.42. The molecule has 1 aromatic rings. The van der Waals surface area contributed by atoms with Crippen LogP contribution in [0.4, 0.5) is 5.82 Å². The molecule has 1 aromatic heterocycles. The average Bonchev–Trinajstić information content (AvgIpc) is 2.31. The van der Waals surface area contributed by atoms with E-state index in [1.807, 2.05) is 6.07 Å². The molecule has 5 heteroatoms. The van der Waals surface area contributed by atoms with Gasteiger partial charge in [0.25, 0.3) is 0 Å². The molecule has 0 aliphatic carbocycles. The predicted octanol–water partition coefficient (Wildman–Crippen LogP) is 1.42. The maximum atomic E-state index is 6.28. The van der Waals surface area contributed by atoms with E-state index in [1.165, 1.54) is 0 Å². The van der Waals surface area contributed by atoms with E-state index in [0.29, 0.717) is 24.2 Å². The van der Waals surface area contributed by atoms with Crippen LogP contribution in [-0.2, 0) is 11.3 Å². The smallest absolute Gasteiger partial charge is 0.148 e. The first kappa shape index (κ1) is 11.6. The predicted molar refractivity (Wildman–Crippen MR) is 64.8 cm³/mol. The van der Waals surface area contributed by atoms with Crippen molar-refractivity contribution in [3.63, 3.8) is 0 Å². The number of ether oxygens (including phenoxy) is 1. The van der Waals surface area contributed by atoms with E-state index in [2.05, 4.69) is 16.8 Å². The number of halogens is 1. The molecule has 2 rings (SSSR count). The molecule has 0 spiro atoms. The van der Waals surface area contributed by atoms with E-state index >= 15 is 0 Å². The van der Waals surface area contributed by atoms with Crippen molar-refractivity contribution in [1.82, 2.24) is 4.98 Å². The van der Waals surface area contributed by atoms with Crippen LogP contribution in [0.25, 0.3) is 0 Å². The summed E-state index contributed by atoms with van der Waals surface area (Å²) in [6, 6.07) is 2.16. The Labute approximate surface area is 100 Å². The number of hydrogen-bond donors (Lipinski definition) is 1. The standard InChI is InChI=1S/C11H16ClN3O/c1-8-7-16-5-4-15(8)11-10(12)9(6-13)2-3-14-11/h2-3,8H,4-7,13H2,1H3. The molecule has 1 atom stereocenters. The Bertz CT molecular complexity index is 372. The normalized spacial score (nSPS) is 21.2. The number of pyridine rings is 1. The molecule has 1 aliphatic rings. The quantitative estimate of drug-likeness (QED) is 0.851. The van der Waals surface area contributed by atoms with Crippen molar-refractivity contribution in [3.05, 3.63) is 22.8 Å². The van der Waals surface area contributed by atoms with Crippen LogP contribution < -0.4 is 10.6 Å². The first-order valence-corrected chi connectivity index (χ1v) is 5.79. The monoisotopic (exact) mass is 241 g/mol. The number of hydrogen-bond acceptors (Lipinski definition) is 4.